The zero-order valence-corrected chi connectivity index (χ0v) is 11.7. The summed E-state index contributed by atoms with van der Waals surface area (Å²) < 4.78 is 8.30. The summed E-state index contributed by atoms with van der Waals surface area (Å²) in [7, 11) is 4.20. The highest BCUT2D eigenvalue weighted by molar-refractivity contribution is 5.83. The molecular weight excluding hydrogens is 238 g/mol. The minimum atomic E-state index is 0.825. The highest BCUT2D eigenvalue weighted by atomic mass is 16.5. The van der Waals surface area contributed by atoms with Gasteiger partial charge in [-0.1, -0.05) is 0 Å². The van der Waals surface area contributed by atoms with Crippen LogP contribution in [0.25, 0.3) is 11.0 Å². The van der Waals surface area contributed by atoms with Crippen molar-refractivity contribution < 1.29 is 4.74 Å². The molecule has 4 heteroatoms. The lowest BCUT2D eigenvalue weighted by Crippen LogP contribution is -2.19. The highest BCUT2D eigenvalue weighted by Gasteiger charge is 2.20. The van der Waals surface area contributed by atoms with E-state index in [2.05, 4.69) is 34.6 Å². The van der Waals surface area contributed by atoms with Crippen LogP contribution in [-0.4, -0.2) is 41.7 Å². The number of fused-ring (bicyclic) bond motifs is 3. The van der Waals surface area contributed by atoms with E-state index in [9.17, 15) is 0 Å². The Balaban J connectivity index is 2.09. The normalized spacial score (nSPS) is 15.3. The molecule has 0 saturated carbocycles. The standard InChI is InChI=1S/C15H21N3O/c1-17(2)9-10-18-13-7-5-8-16-14(13)12-6-3-4-11-19-15(12)18/h5,7-8H,3-4,6,9-11H2,1-2H3. The number of hydrogen-bond acceptors (Lipinski definition) is 3. The van der Waals surface area contributed by atoms with Crippen molar-refractivity contribution in [2.24, 2.45) is 0 Å². The van der Waals surface area contributed by atoms with Crippen molar-refractivity contribution in [2.75, 3.05) is 27.2 Å². The lowest BCUT2D eigenvalue weighted by molar-refractivity contribution is 0.284. The molecule has 0 aromatic carbocycles. The first-order valence-corrected chi connectivity index (χ1v) is 7.01. The lowest BCUT2D eigenvalue weighted by Gasteiger charge is -2.14. The van der Waals surface area contributed by atoms with Crippen LogP contribution in [0, 0.1) is 0 Å². The van der Waals surface area contributed by atoms with Crippen molar-refractivity contribution in [1.82, 2.24) is 14.5 Å². The zero-order chi connectivity index (χ0) is 13.2. The molecular formula is C15H21N3O. The third kappa shape index (κ3) is 2.32. The first-order chi connectivity index (χ1) is 9.27. The minimum absolute atomic E-state index is 0.825. The summed E-state index contributed by atoms with van der Waals surface area (Å²) in [6.45, 7) is 2.78. The molecule has 4 nitrogen and oxygen atoms in total. The average molecular weight is 259 g/mol. The lowest BCUT2D eigenvalue weighted by atomic mass is 10.1. The van der Waals surface area contributed by atoms with Gasteiger partial charge in [-0.05, 0) is 45.5 Å². The molecule has 0 radical (unpaired) electrons. The topological polar surface area (TPSA) is 30.3 Å². The Bertz CT molecular complexity index is 574. The fraction of sp³-hybridized carbons (Fsp3) is 0.533. The van der Waals surface area contributed by atoms with Crippen LogP contribution in [0.1, 0.15) is 18.4 Å². The van der Waals surface area contributed by atoms with E-state index in [0.717, 1.165) is 43.9 Å². The van der Waals surface area contributed by atoms with E-state index >= 15 is 0 Å². The van der Waals surface area contributed by atoms with Gasteiger partial charge in [-0.2, -0.15) is 0 Å². The molecule has 1 aliphatic heterocycles. The van der Waals surface area contributed by atoms with Crippen molar-refractivity contribution in [2.45, 2.75) is 25.8 Å². The second-order valence-electron chi connectivity index (χ2n) is 5.42. The van der Waals surface area contributed by atoms with Gasteiger partial charge in [0.05, 0.1) is 17.6 Å². The van der Waals surface area contributed by atoms with Crippen LogP contribution >= 0.6 is 0 Å². The number of pyridine rings is 1. The summed E-state index contributed by atoms with van der Waals surface area (Å²) in [6, 6.07) is 4.16. The van der Waals surface area contributed by atoms with Crippen LogP contribution in [-0.2, 0) is 13.0 Å². The molecule has 0 atom stereocenters. The minimum Gasteiger partial charge on any atom is -0.479 e. The maximum Gasteiger partial charge on any atom is 0.199 e. The molecule has 0 amide bonds. The molecule has 0 aliphatic carbocycles. The van der Waals surface area contributed by atoms with Gasteiger partial charge < -0.3 is 14.2 Å². The maximum absolute atomic E-state index is 6.00. The average Bonchev–Trinajstić information content (AvgIpc) is 2.56. The SMILES string of the molecule is CN(C)CCn1c2c(c3ncccc31)CCCCO2. The van der Waals surface area contributed by atoms with Gasteiger partial charge in [0.25, 0.3) is 0 Å². The molecule has 3 heterocycles. The Labute approximate surface area is 114 Å². The summed E-state index contributed by atoms with van der Waals surface area (Å²) in [6.07, 6.45) is 5.29. The monoisotopic (exact) mass is 259 g/mol. The first-order valence-electron chi connectivity index (χ1n) is 7.01. The largest absolute Gasteiger partial charge is 0.479 e. The van der Waals surface area contributed by atoms with Crippen LogP contribution in [0.3, 0.4) is 0 Å². The van der Waals surface area contributed by atoms with E-state index in [1.54, 1.807) is 0 Å². The Morgan fingerprint density at radius 2 is 2.26 bits per heavy atom. The van der Waals surface area contributed by atoms with Crippen LogP contribution < -0.4 is 4.74 Å². The second-order valence-corrected chi connectivity index (χ2v) is 5.42. The number of aromatic nitrogens is 2. The molecule has 3 rings (SSSR count). The molecule has 2 aromatic heterocycles. The molecule has 19 heavy (non-hydrogen) atoms. The number of rotatable bonds is 3. The predicted molar refractivity (Wildman–Crippen MR) is 76.7 cm³/mol. The quantitative estimate of drug-likeness (QED) is 0.847. The van der Waals surface area contributed by atoms with E-state index < -0.39 is 0 Å². The van der Waals surface area contributed by atoms with E-state index in [-0.39, 0.29) is 0 Å². The van der Waals surface area contributed by atoms with E-state index in [0.29, 0.717) is 0 Å². The molecule has 102 valence electrons. The summed E-state index contributed by atoms with van der Waals surface area (Å²) in [5.41, 5.74) is 3.63. The fourth-order valence-electron chi connectivity index (χ4n) is 2.71. The Morgan fingerprint density at radius 3 is 3.11 bits per heavy atom. The summed E-state index contributed by atoms with van der Waals surface area (Å²) in [4.78, 5) is 6.77. The van der Waals surface area contributed by atoms with Crippen molar-refractivity contribution in [3.8, 4) is 5.88 Å². The summed E-state index contributed by atoms with van der Waals surface area (Å²) >= 11 is 0. The Hall–Kier alpha value is -1.55. The van der Waals surface area contributed by atoms with Crippen LogP contribution in [0.5, 0.6) is 5.88 Å². The maximum atomic E-state index is 6.00. The first kappa shape index (κ1) is 12.5. The predicted octanol–water partition coefficient (Wildman–Crippen LogP) is 2.31. The molecule has 2 aromatic rings. The van der Waals surface area contributed by atoms with Gasteiger partial charge in [0.15, 0.2) is 5.88 Å². The van der Waals surface area contributed by atoms with Crippen molar-refractivity contribution in [1.29, 1.82) is 0 Å². The number of ether oxygens (including phenoxy) is 1. The zero-order valence-electron chi connectivity index (χ0n) is 11.7. The van der Waals surface area contributed by atoms with Gasteiger partial charge in [-0.15, -0.1) is 0 Å². The van der Waals surface area contributed by atoms with Crippen LogP contribution in [0.4, 0.5) is 0 Å². The molecule has 0 unspecified atom stereocenters. The molecule has 0 fully saturated rings. The Morgan fingerprint density at radius 1 is 1.37 bits per heavy atom. The summed E-state index contributed by atoms with van der Waals surface area (Å²) in [5, 5.41) is 0. The van der Waals surface area contributed by atoms with Gasteiger partial charge in [-0.25, -0.2) is 0 Å². The molecule has 0 bridgehead atoms. The summed E-state index contributed by atoms with van der Waals surface area (Å²) in [5.74, 6) is 1.05. The number of nitrogens with zero attached hydrogens (tertiary/aromatic N) is 3. The third-order valence-corrected chi connectivity index (χ3v) is 3.70. The third-order valence-electron chi connectivity index (χ3n) is 3.70. The second kappa shape index (κ2) is 5.21. The van der Waals surface area contributed by atoms with Gasteiger partial charge in [0.2, 0.25) is 0 Å². The van der Waals surface area contributed by atoms with Crippen molar-refractivity contribution in [3.63, 3.8) is 0 Å². The number of aryl methyl sites for hydroxylation is 1. The van der Waals surface area contributed by atoms with Crippen molar-refractivity contribution in [3.05, 3.63) is 23.9 Å². The van der Waals surface area contributed by atoms with E-state index in [4.69, 9.17) is 4.74 Å². The smallest absolute Gasteiger partial charge is 0.199 e. The van der Waals surface area contributed by atoms with Gasteiger partial charge in [0.1, 0.15) is 0 Å². The Kier molecular flexibility index (Phi) is 3.42. The van der Waals surface area contributed by atoms with Crippen LogP contribution in [0.2, 0.25) is 0 Å². The number of hydrogen-bond donors (Lipinski definition) is 0. The number of likely N-dealkylation sites (N-methyl/N-ethyl adjacent to an activating group) is 1. The molecule has 0 N–H and O–H groups in total. The van der Waals surface area contributed by atoms with Crippen LogP contribution in [0.15, 0.2) is 18.3 Å². The van der Waals surface area contributed by atoms with Gasteiger partial charge >= 0.3 is 0 Å². The van der Waals surface area contributed by atoms with E-state index in [1.165, 1.54) is 17.5 Å². The van der Waals surface area contributed by atoms with Gasteiger partial charge in [-0.3, -0.25) is 4.98 Å². The molecule has 1 aliphatic rings. The fourth-order valence-corrected chi connectivity index (χ4v) is 2.71. The molecule has 0 saturated heterocycles. The van der Waals surface area contributed by atoms with Crippen molar-refractivity contribution >= 4 is 11.0 Å². The van der Waals surface area contributed by atoms with E-state index in [1.807, 2.05) is 12.3 Å². The van der Waals surface area contributed by atoms with Gasteiger partial charge in [0, 0.05) is 24.8 Å². The highest BCUT2D eigenvalue weighted by Crippen LogP contribution is 2.33. The molecule has 0 spiro atoms.